The lowest BCUT2D eigenvalue weighted by atomic mass is 10.2. The number of carbonyl (C=O) groups excluding carboxylic acids is 1. The molecule has 2 aromatic rings. The van der Waals surface area contributed by atoms with E-state index in [1.807, 2.05) is 60.9 Å². The lowest BCUT2D eigenvalue weighted by molar-refractivity contribution is -0.116. The minimum absolute atomic E-state index is 0.0172. The Morgan fingerprint density at radius 2 is 1.81 bits per heavy atom. The summed E-state index contributed by atoms with van der Waals surface area (Å²) in [5, 5.41) is 2.89. The standard InChI is InChI=1S/C17H19NO2S/c1-21-16-11-9-14(10-12-16)18-17(19)8-5-13-20-15-6-3-2-4-7-15/h2-4,6-7,9-12H,5,8,13H2,1H3,(H,18,19). The van der Waals surface area contributed by atoms with Gasteiger partial charge in [0.2, 0.25) is 5.91 Å². The number of amides is 1. The molecular formula is C17H19NO2S. The van der Waals surface area contributed by atoms with Gasteiger partial charge in [0, 0.05) is 17.0 Å². The Morgan fingerprint density at radius 1 is 1.10 bits per heavy atom. The zero-order chi connectivity index (χ0) is 14.9. The van der Waals surface area contributed by atoms with Crippen LogP contribution in [0.3, 0.4) is 0 Å². The van der Waals surface area contributed by atoms with Crippen LogP contribution in [0.4, 0.5) is 5.69 Å². The van der Waals surface area contributed by atoms with Crippen LogP contribution in [0, 0.1) is 0 Å². The SMILES string of the molecule is CSc1ccc(NC(=O)CCCOc2ccccc2)cc1. The van der Waals surface area contributed by atoms with Crippen molar-refractivity contribution in [3.05, 3.63) is 54.6 Å². The van der Waals surface area contributed by atoms with Crippen molar-refractivity contribution in [3.8, 4) is 5.75 Å². The molecule has 110 valence electrons. The van der Waals surface area contributed by atoms with Crippen LogP contribution in [0.2, 0.25) is 0 Å². The molecule has 0 bridgehead atoms. The van der Waals surface area contributed by atoms with Crippen LogP contribution in [-0.4, -0.2) is 18.8 Å². The summed E-state index contributed by atoms with van der Waals surface area (Å²) in [6.07, 6.45) is 3.18. The molecule has 0 radical (unpaired) electrons. The predicted molar refractivity (Wildman–Crippen MR) is 88.0 cm³/mol. The normalized spacial score (nSPS) is 10.1. The lowest BCUT2D eigenvalue weighted by Gasteiger charge is -2.07. The van der Waals surface area contributed by atoms with Gasteiger partial charge in [-0.05, 0) is 49.1 Å². The Hall–Kier alpha value is -1.94. The Morgan fingerprint density at radius 3 is 2.48 bits per heavy atom. The van der Waals surface area contributed by atoms with Gasteiger partial charge in [0.15, 0.2) is 0 Å². The highest BCUT2D eigenvalue weighted by Crippen LogP contribution is 2.17. The van der Waals surface area contributed by atoms with E-state index in [-0.39, 0.29) is 5.91 Å². The second-order valence-corrected chi connectivity index (χ2v) is 5.42. The molecule has 4 heteroatoms. The van der Waals surface area contributed by atoms with E-state index in [0.29, 0.717) is 19.4 Å². The van der Waals surface area contributed by atoms with Gasteiger partial charge in [0.25, 0.3) is 0 Å². The van der Waals surface area contributed by atoms with Gasteiger partial charge in [0.05, 0.1) is 6.61 Å². The Balaban J connectivity index is 1.67. The number of rotatable bonds is 7. The minimum Gasteiger partial charge on any atom is -0.494 e. The third-order valence-corrected chi connectivity index (χ3v) is 3.68. The Labute approximate surface area is 129 Å². The lowest BCUT2D eigenvalue weighted by Crippen LogP contribution is -2.12. The number of hydrogen-bond donors (Lipinski definition) is 1. The van der Waals surface area contributed by atoms with E-state index >= 15 is 0 Å². The second kappa shape index (κ2) is 8.37. The number of ether oxygens (including phenoxy) is 1. The van der Waals surface area contributed by atoms with E-state index in [0.717, 1.165) is 11.4 Å². The van der Waals surface area contributed by atoms with Gasteiger partial charge in [-0.2, -0.15) is 0 Å². The summed E-state index contributed by atoms with van der Waals surface area (Å²) in [5.74, 6) is 0.856. The van der Waals surface area contributed by atoms with Crippen molar-refractivity contribution in [3.63, 3.8) is 0 Å². The van der Waals surface area contributed by atoms with E-state index < -0.39 is 0 Å². The predicted octanol–water partition coefficient (Wildman–Crippen LogP) is 4.21. The summed E-state index contributed by atoms with van der Waals surface area (Å²) >= 11 is 1.68. The second-order valence-electron chi connectivity index (χ2n) is 4.54. The molecule has 0 unspecified atom stereocenters. The molecule has 0 aliphatic carbocycles. The number of para-hydroxylation sites is 1. The molecule has 1 N–H and O–H groups in total. The van der Waals surface area contributed by atoms with Crippen LogP contribution in [-0.2, 0) is 4.79 Å². The summed E-state index contributed by atoms with van der Waals surface area (Å²) < 4.78 is 5.55. The molecule has 0 aromatic heterocycles. The van der Waals surface area contributed by atoms with E-state index in [2.05, 4.69) is 5.32 Å². The molecule has 0 saturated carbocycles. The van der Waals surface area contributed by atoms with Crippen LogP contribution in [0.15, 0.2) is 59.5 Å². The van der Waals surface area contributed by atoms with E-state index in [1.54, 1.807) is 11.8 Å². The van der Waals surface area contributed by atoms with Gasteiger partial charge < -0.3 is 10.1 Å². The van der Waals surface area contributed by atoms with Crippen molar-refractivity contribution in [1.82, 2.24) is 0 Å². The molecule has 0 heterocycles. The molecule has 0 aliphatic heterocycles. The average Bonchev–Trinajstić information content (AvgIpc) is 2.53. The first kappa shape index (κ1) is 15.4. The number of hydrogen-bond acceptors (Lipinski definition) is 3. The van der Waals surface area contributed by atoms with Crippen LogP contribution >= 0.6 is 11.8 Å². The molecule has 0 spiro atoms. The first-order chi connectivity index (χ1) is 10.3. The first-order valence-corrected chi connectivity index (χ1v) is 8.12. The summed E-state index contributed by atoms with van der Waals surface area (Å²) in [5.41, 5.74) is 0.835. The van der Waals surface area contributed by atoms with E-state index in [4.69, 9.17) is 4.74 Å². The maximum Gasteiger partial charge on any atom is 0.224 e. The van der Waals surface area contributed by atoms with Gasteiger partial charge >= 0.3 is 0 Å². The van der Waals surface area contributed by atoms with Crippen molar-refractivity contribution in [2.75, 3.05) is 18.2 Å². The molecule has 0 fully saturated rings. The molecule has 0 aliphatic rings. The molecule has 21 heavy (non-hydrogen) atoms. The van der Waals surface area contributed by atoms with Crippen molar-refractivity contribution in [1.29, 1.82) is 0 Å². The topological polar surface area (TPSA) is 38.3 Å². The fourth-order valence-corrected chi connectivity index (χ4v) is 2.25. The van der Waals surface area contributed by atoms with Gasteiger partial charge in [-0.15, -0.1) is 11.8 Å². The summed E-state index contributed by atoms with van der Waals surface area (Å²) in [7, 11) is 0. The fraction of sp³-hybridized carbons (Fsp3) is 0.235. The third-order valence-electron chi connectivity index (χ3n) is 2.93. The number of carbonyl (C=O) groups is 1. The highest BCUT2D eigenvalue weighted by Gasteiger charge is 2.02. The van der Waals surface area contributed by atoms with Crippen LogP contribution in [0.25, 0.3) is 0 Å². The summed E-state index contributed by atoms with van der Waals surface area (Å²) in [4.78, 5) is 13.0. The fourth-order valence-electron chi connectivity index (χ4n) is 1.84. The monoisotopic (exact) mass is 301 g/mol. The highest BCUT2D eigenvalue weighted by atomic mass is 32.2. The smallest absolute Gasteiger partial charge is 0.224 e. The van der Waals surface area contributed by atoms with Crippen molar-refractivity contribution < 1.29 is 9.53 Å². The molecule has 0 atom stereocenters. The molecule has 2 rings (SSSR count). The van der Waals surface area contributed by atoms with Crippen LogP contribution in [0.1, 0.15) is 12.8 Å². The maximum absolute atomic E-state index is 11.8. The quantitative estimate of drug-likeness (QED) is 0.615. The summed E-state index contributed by atoms with van der Waals surface area (Å²) in [6.45, 7) is 0.544. The maximum atomic E-state index is 11.8. The minimum atomic E-state index is 0.0172. The summed E-state index contributed by atoms with van der Waals surface area (Å²) in [6, 6.07) is 17.5. The van der Waals surface area contributed by atoms with Crippen molar-refractivity contribution in [2.24, 2.45) is 0 Å². The number of thioether (sulfide) groups is 1. The molecule has 1 amide bonds. The first-order valence-electron chi connectivity index (χ1n) is 6.89. The van der Waals surface area contributed by atoms with E-state index in [9.17, 15) is 4.79 Å². The van der Waals surface area contributed by atoms with Crippen LogP contribution in [0.5, 0.6) is 5.75 Å². The van der Waals surface area contributed by atoms with E-state index in [1.165, 1.54) is 4.90 Å². The number of benzene rings is 2. The Kier molecular flexibility index (Phi) is 6.16. The molecule has 0 saturated heterocycles. The van der Waals surface area contributed by atoms with Crippen molar-refractivity contribution in [2.45, 2.75) is 17.7 Å². The highest BCUT2D eigenvalue weighted by molar-refractivity contribution is 7.98. The van der Waals surface area contributed by atoms with Gasteiger partial charge in [-0.3, -0.25) is 4.79 Å². The van der Waals surface area contributed by atoms with Crippen LogP contribution < -0.4 is 10.1 Å². The third kappa shape index (κ3) is 5.52. The number of anilines is 1. The molecular weight excluding hydrogens is 282 g/mol. The van der Waals surface area contributed by atoms with Crippen molar-refractivity contribution >= 4 is 23.4 Å². The molecule has 3 nitrogen and oxygen atoms in total. The average molecular weight is 301 g/mol. The van der Waals surface area contributed by atoms with Gasteiger partial charge in [0.1, 0.15) is 5.75 Å². The zero-order valence-electron chi connectivity index (χ0n) is 12.0. The number of nitrogens with one attached hydrogen (secondary N) is 1. The largest absolute Gasteiger partial charge is 0.494 e. The van der Waals surface area contributed by atoms with Gasteiger partial charge in [-0.25, -0.2) is 0 Å². The zero-order valence-corrected chi connectivity index (χ0v) is 12.9. The van der Waals surface area contributed by atoms with Gasteiger partial charge in [-0.1, -0.05) is 18.2 Å². The Bertz CT molecular complexity index is 555. The molecule has 2 aromatic carbocycles.